The van der Waals surface area contributed by atoms with Crippen molar-refractivity contribution in [3.8, 4) is 0 Å². The first-order valence-corrected chi connectivity index (χ1v) is 4.02. The van der Waals surface area contributed by atoms with Crippen molar-refractivity contribution >= 4 is 24.4 Å². The zero-order valence-electron chi connectivity index (χ0n) is 5.67. The third-order valence-corrected chi connectivity index (χ3v) is 2.23. The Morgan fingerprint density at radius 2 is 1.31 bits per heavy atom. The number of hydrogen-bond donors (Lipinski definition) is 0. The minimum absolute atomic E-state index is 1.22. The minimum Gasteiger partial charge on any atom is -0.186 e. The topological polar surface area (TPSA) is 0 Å². The van der Waals surface area contributed by atoms with Gasteiger partial charge in [0, 0.05) is 0 Å². The largest absolute Gasteiger partial charge is 0.398 e. The second kappa shape index (κ2) is 3.76. The summed E-state index contributed by atoms with van der Waals surface area (Å²) in [5.41, 5.74) is 0. The van der Waals surface area contributed by atoms with Gasteiger partial charge in [0.1, 0.15) is 0 Å². The molecular weight excluding hydrogens is 245 g/mol. The molecule has 0 aliphatic carbocycles. The summed E-state index contributed by atoms with van der Waals surface area (Å²) < 4.78 is 81.7. The lowest BCUT2D eigenvalue weighted by Crippen LogP contribution is -2.33. The first kappa shape index (κ1) is 13.2. The zero-order valence-corrected chi connectivity index (χ0v) is 7.30. The molecule has 13 heavy (non-hydrogen) atoms. The molecule has 0 amide bonds. The summed E-state index contributed by atoms with van der Waals surface area (Å²) >= 11 is 1.82. The first-order chi connectivity index (χ1) is 5.46. The molecule has 0 spiro atoms. The van der Waals surface area contributed by atoms with Crippen LogP contribution in [-0.4, -0.2) is 22.4 Å². The third-order valence-electron chi connectivity index (χ3n) is 0.756. The highest BCUT2D eigenvalue weighted by molar-refractivity contribution is 8.01. The summed E-state index contributed by atoms with van der Waals surface area (Å²) in [7, 11) is 0. The van der Waals surface area contributed by atoms with E-state index in [0.717, 1.165) is 0 Å². The van der Waals surface area contributed by atoms with Crippen molar-refractivity contribution in [1.82, 2.24) is 0 Å². The van der Waals surface area contributed by atoms with E-state index in [2.05, 4.69) is 12.6 Å². The van der Waals surface area contributed by atoms with Crippen LogP contribution in [0.4, 0.5) is 30.7 Å². The lowest BCUT2D eigenvalue weighted by Gasteiger charge is -2.20. The second-order valence-electron chi connectivity index (χ2n) is 1.94. The van der Waals surface area contributed by atoms with E-state index in [1.54, 1.807) is 0 Å². The highest BCUT2D eigenvalue weighted by atomic mass is 32.2. The fourth-order valence-corrected chi connectivity index (χ4v) is 0.946. The van der Waals surface area contributed by atoms with Gasteiger partial charge in [-0.25, -0.2) is 0 Å². The molecule has 0 heterocycles. The Hall–Kier alpha value is 0.210. The van der Waals surface area contributed by atoms with Crippen molar-refractivity contribution in [2.45, 2.75) is 16.7 Å². The molecule has 0 nitrogen and oxygen atoms in total. The highest BCUT2D eigenvalue weighted by Gasteiger charge is 2.56. The van der Waals surface area contributed by atoms with E-state index in [1.165, 1.54) is 0 Å². The van der Waals surface area contributed by atoms with E-state index >= 15 is 0 Å². The van der Waals surface area contributed by atoms with Crippen molar-refractivity contribution in [1.29, 1.82) is 0 Å². The Morgan fingerprint density at radius 1 is 0.923 bits per heavy atom. The fourth-order valence-electron chi connectivity index (χ4n) is 0.256. The maximum absolute atomic E-state index is 12.1. The van der Waals surface area contributed by atoms with Crippen molar-refractivity contribution in [3.05, 3.63) is 0 Å². The van der Waals surface area contributed by atoms with Crippen molar-refractivity contribution in [2.24, 2.45) is 0 Å². The van der Waals surface area contributed by atoms with Crippen LogP contribution in [0, 0.1) is 0 Å². The van der Waals surface area contributed by atoms with Gasteiger partial charge in [0.25, 0.3) is 0 Å². The predicted octanol–water partition coefficient (Wildman–Crippen LogP) is 3.67. The van der Waals surface area contributed by atoms with Gasteiger partial charge in [-0.2, -0.15) is 30.7 Å². The minimum atomic E-state index is -4.92. The summed E-state index contributed by atoms with van der Waals surface area (Å²) in [5, 5.41) is -9.75. The molecule has 9 heteroatoms. The number of thioether (sulfide) groups is 1. The number of halogens is 7. The SMILES string of the molecule is FC(F)(F)CSC(F)(F)C(F)(F)[S]. The summed E-state index contributed by atoms with van der Waals surface area (Å²) in [6.07, 6.45) is -4.92. The monoisotopic (exact) mass is 247 g/mol. The quantitative estimate of drug-likeness (QED) is 0.686. The molecule has 0 saturated carbocycles. The maximum Gasteiger partial charge on any atom is 0.398 e. The lowest BCUT2D eigenvalue weighted by molar-refractivity contribution is -0.110. The number of hydrogen-bond acceptors (Lipinski definition) is 1. The molecule has 0 aliphatic heterocycles. The Labute approximate surface area is 78.3 Å². The van der Waals surface area contributed by atoms with E-state index in [4.69, 9.17) is 0 Å². The summed E-state index contributed by atoms with van der Waals surface area (Å²) in [6, 6.07) is 0. The Kier molecular flexibility index (Phi) is 3.82. The molecule has 0 unspecified atom stereocenters. The first-order valence-electron chi connectivity index (χ1n) is 2.62. The normalized spacial score (nSPS) is 14.8. The standard InChI is InChI=1S/C4H2F7S2/c5-2(6,7)1-13-4(10,11)3(8,9)12/h1H2. The Balaban J connectivity index is 4.21. The Morgan fingerprint density at radius 3 is 1.54 bits per heavy atom. The van der Waals surface area contributed by atoms with Gasteiger partial charge in [0.05, 0.1) is 5.75 Å². The van der Waals surface area contributed by atoms with Crippen LogP contribution < -0.4 is 0 Å². The van der Waals surface area contributed by atoms with Crippen molar-refractivity contribution in [2.75, 3.05) is 5.75 Å². The van der Waals surface area contributed by atoms with Gasteiger partial charge in [-0.3, -0.25) is 0 Å². The smallest absolute Gasteiger partial charge is 0.186 e. The summed E-state index contributed by atoms with van der Waals surface area (Å²) in [4.78, 5) is 0. The van der Waals surface area contributed by atoms with Gasteiger partial charge in [-0.1, -0.05) is 11.8 Å². The molecule has 1 radical (unpaired) electrons. The van der Waals surface area contributed by atoms with Crippen molar-refractivity contribution in [3.63, 3.8) is 0 Å². The average Bonchev–Trinajstić information content (AvgIpc) is 1.79. The molecule has 0 atom stereocenters. The molecule has 0 aliphatic rings. The van der Waals surface area contributed by atoms with Gasteiger partial charge >= 0.3 is 16.7 Å². The third kappa shape index (κ3) is 4.84. The summed E-state index contributed by atoms with van der Waals surface area (Å²) in [5.74, 6) is -2.06. The molecular formula is C4H2F7S2. The lowest BCUT2D eigenvalue weighted by atomic mass is 10.7. The van der Waals surface area contributed by atoms with Crippen LogP contribution in [0.5, 0.6) is 0 Å². The highest BCUT2D eigenvalue weighted by Crippen LogP contribution is 2.46. The molecule has 0 aromatic carbocycles. The van der Waals surface area contributed by atoms with Crippen LogP contribution in [0.1, 0.15) is 0 Å². The predicted molar refractivity (Wildman–Crippen MR) is 36.0 cm³/mol. The van der Waals surface area contributed by atoms with Gasteiger partial charge in [0.15, 0.2) is 0 Å². The van der Waals surface area contributed by atoms with E-state index in [1.807, 2.05) is 0 Å². The molecule has 0 N–H and O–H groups in total. The van der Waals surface area contributed by atoms with E-state index in [0.29, 0.717) is 0 Å². The van der Waals surface area contributed by atoms with Crippen LogP contribution in [0.3, 0.4) is 0 Å². The summed E-state index contributed by atoms with van der Waals surface area (Å²) in [6.45, 7) is 0. The second-order valence-corrected chi connectivity index (χ2v) is 3.54. The maximum atomic E-state index is 12.1. The van der Waals surface area contributed by atoms with E-state index in [9.17, 15) is 30.7 Å². The van der Waals surface area contributed by atoms with Gasteiger partial charge in [-0.15, -0.1) is 0 Å². The average molecular weight is 247 g/mol. The fraction of sp³-hybridized carbons (Fsp3) is 1.00. The molecule has 0 aromatic rings. The van der Waals surface area contributed by atoms with Gasteiger partial charge < -0.3 is 0 Å². The molecule has 79 valence electrons. The van der Waals surface area contributed by atoms with Crippen LogP contribution in [0.15, 0.2) is 0 Å². The molecule has 0 aromatic heterocycles. The van der Waals surface area contributed by atoms with Crippen LogP contribution in [-0.2, 0) is 0 Å². The molecule has 0 bridgehead atoms. The van der Waals surface area contributed by atoms with Crippen molar-refractivity contribution < 1.29 is 30.7 Å². The number of alkyl halides is 7. The molecule has 0 fully saturated rings. The van der Waals surface area contributed by atoms with Gasteiger partial charge in [0.2, 0.25) is 0 Å². The van der Waals surface area contributed by atoms with Crippen LogP contribution in [0.2, 0.25) is 0 Å². The molecule has 0 saturated heterocycles. The zero-order chi connectivity index (χ0) is 10.9. The number of rotatable bonds is 3. The van der Waals surface area contributed by atoms with E-state index in [-0.39, 0.29) is 0 Å². The van der Waals surface area contributed by atoms with Gasteiger partial charge in [-0.05, 0) is 12.6 Å². The van der Waals surface area contributed by atoms with Crippen LogP contribution in [0.25, 0.3) is 0 Å². The van der Waals surface area contributed by atoms with E-state index < -0.39 is 34.2 Å². The van der Waals surface area contributed by atoms with Crippen LogP contribution >= 0.6 is 24.4 Å². The molecule has 0 rings (SSSR count). The Bertz CT molecular complexity index is 168.